The molecule has 4 aromatic rings. The Bertz CT molecular complexity index is 1220. The van der Waals surface area contributed by atoms with Crippen molar-refractivity contribution in [2.75, 3.05) is 0 Å². The normalized spacial score (nSPS) is 11.1. The fourth-order valence-electron chi connectivity index (χ4n) is 4.56. The molecule has 3 heteroatoms. The fraction of sp³-hybridized carbons (Fsp3) is 0.242. The molecule has 0 aliphatic rings. The number of ether oxygens (including phenoxy) is 2. The van der Waals surface area contributed by atoms with Gasteiger partial charge in [-0.2, -0.15) is 0 Å². The van der Waals surface area contributed by atoms with Crippen LogP contribution in [0.25, 0.3) is 22.3 Å². The highest BCUT2D eigenvalue weighted by Crippen LogP contribution is 2.36. The molecule has 0 aliphatic heterocycles. The highest BCUT2D eigenvalue weighted by atomic mass is 16.7. The first kappa shape index (κ1) is 25.2. The van der Waals surface area contributed by atoms with Gasteiger partial charge in [0.25, 0.3) is 0 Å². The Morgan fingerprint density at radius 2 is 0.861 bits per heavy atom. The molecule has 0 aromatic heterocycles. The van der Waals surface area contributed by atoms with Crippen molar-refractivity contribution < 1.29 is 14.3 Å². The van der Waals surface area contributed by atoms with Gasteiger partial charge < -0.3 is 9.47 Å². The maximum absolute atomic E-state index is 13.0. The zero-order valence-corrected chi connectivity index (χ0v) is 21.5. The van der Waals surface area contributed by atoms with Crippen LogP contribution in [-0.4, -0.2) is 6.16 Å². The monoisotopic (exact) mass is 478 g/mol. The van der Waals surface area contributed by atoms with Gasteiger partial charge in [-0.1, -0.05) is 113 Å². The first-order valence-corrected chi connectivity index (χ1v) is 12.7. The maximum Gasteiger partial charge on any atom is 0.519 e. The Morgan fingerprint density at radius 3 is 1.25 bits per heavy atom. The van der Waals surface area contributed by atoms with Gasteiger partial charge in [0.2, 0.25) is 0 Å². The van der Waals surface area contributed by atoms with E-state index in [0.29, 0.717) is 23.3 Å². The quantitative estimate of drug-likeness (QED) is 0.187. The number of carbonyl (C=O) groups excluding carboxylic acids is 1. The second kappa shape index (κ2) is 11.7. The third kappa shape index (κ3) is 6.23. The molecule has 0 amide bonds. The highest BCUT2D eigenvalue weighted by Gasteiger charge is 2.18. The molecule has 4 aromatic carbocycles. The average Bonchev–Trinajstić information content (AvgIpc) is 2.85. The maximum atomic E-state index is 13.0. The molecule has 0 atom stereocenters. The van der Waals surface area contributed by atoms with E-state index in [4.69, 9.17) is 9.47 Å². The second-order valence-corrected chi connectivity index (χ2v) is 9.96. The van der Waals surface area contributed by atoms with Crippen molar-refractivity contribution in [1.29, 1.82) is 0 Å². The molecule has 0 bridgehead atoms. The summed E-state index contributed by atoms with van der Waals surface area (Å²) in [6.07, 6.45) is 1.13. The van der Waals surface area contributed by atoms with Crippen molar-refractivity contribution >= 4 is 6.16 Å². The van der Waals surface area contributed by atoms with E-state index in [9.17, 15) is 4.79 Å². The van der Waals surface area contributed by atoms with E-state index in [0.717, 1.165) is 35.1 Å². The van der Waals surface area contributed by atoms with Crippen LogP contribution in [0.4, 0.5) is 4.79 Å². The molecule has 4 rings (SSSR count). The number of rotatable bonds is 8. The zero-order chi connectivity index (χ0) is 25.5. The zero-order valence-electron chi connectivity index (χ0n) is 21.5. The van der Waals surface area contributed by atoms with E-state index in [1.807, 2.05) is 72.8 Å². The lowest BCUT2D eigenvalue weighted by Gasteiger charge is -2.16. The summed E-state index contributed by atoms with van der Waals surface area (Å²) in [7, 11) is 0. The van der Waals surface area contributed by atoms with E-state index in [1.54, 1.807) is 0 Å². The Balaban J connectivity index is 1.61. The molecular formula is C33H34O3. The summed E-state index contributed by atoms with van der Waals surface area (Å²) in [5.41, 5.74) is 6.34. The van der Waals surface area contributed by atoms with Crippen molar-refractivity contribution in [2.45, 2.75) is 40.5 Å². The summed E-state index contributed by atoms with van der Waals surface area (Å²) in [6, 6.07) is 31.8. The molecule has 0 fully saturated rings. The van der Waals surface area contributed by atoms with E-state index in [-0.39, 0.29) is 0 Å². The van der Waals surface area contributed by atoms with Gasteiger partial charge in [-0.25, -0.2) is 4.79 Å². The van der Waals surface area contributed by atoms with Gasteiger partial charge in [-0.05, 0) is 59.1 Å². The van der Waals surface area contributed by atoms with Crippen LogP contribution in [0.2, 0.25) is 0 Å². The minimum absolute atomic E-state index is 0.483. The molecule has 0 spiro atoms. The van der Waals surface area contributed by atoms with Crippen molar-refractivity contribution in [2.24, 2.45) is 11.8 Å². The summed E-state index contributed by atoms with van der Waals surface area (Å²) in [4.78, 5) is 13.0. The van der Waals surface area contributed by atoms with E-state index >= 15 is 0 Å². The van der Waals surface area contributed by atoms with Gasteiger partial charge in [0.05, 0.1) is 0 Å². The SMILES string of the molecule is CC(C)Cc1ccccc1-c1ccccc1OC(=O)Oc1ccccc1-c1ccccc1CC(C)C. The van der Waals surface area contributed by atoms with Gasteiger partial charge >= 0.3 is 6.16 Å². The minimum atomic E-state index is -0.752. The fourth-order valence-corrected chi connectivity index (χ4v) is 4.56. The van der Waals surface area contributed by atoms with Crippen LogP contribution in [0.1, 0.15) is 38.8 Å². The van der Waals surface area contributed by atoms with Crippen LogP contribution in [0.5, 0.6) is 11.5 Å². The van der Waals surface area contributed by atoms with Crippen molar-refractivity contribution in [3.05, 3.63) is 108 Å². The average molecular weight is 479 g/mol. The molecule has 0 N–H and O–H groups in total. The van der Waals surface area contributed by atoms with Gasteiger partial charge in [0.15, 0.2) is 0 Å². The number of para-hydroxylation sites is 2. The first-order valence-electron chi connectivity index (χ1n) is 12.7. The second-order valence-electron chi connectivity index (χ2n) is 9.96. The Hall–Kier alpha value is -3.85. The Labute approximate surface area is 214 Å². The third-order valence-electron chi connectivity index (χ3n) is 6.03. The largest absolute Gasteiger partial charge is 0.519 e. The topological polar surface area (TPSA) is 35.5 Å². The number of hydrogen-bond acceptors (Lipinski definition) is 3. The lowest BCUT2D eigenvalue weighted by atomic mass is 9.93. The summed E-state index contributed by atoms with van der Waals surface area (Å²) in [5.74, 6) is 1.99. The smallest absolute Gasteiger partial charge is 0.394 e. The Morgan fingerprint density at radius 1 is 0.528 bits per heavy atom. The highest BCUT2D eigenvalue weighted by molar-refractivity contribution is 5.80. The molecule has 0 heterocycles. The predicted octanol–water partition coefficient (Wildman–Crippen LogP) is 9.00. The van der Waals surface area contributed by atoms with Crippen molar-refractivity contribution in [3.8, 4) is 33.8 Å². The van der Waals surface area contributed by atoms with E-state index < -0.39 is 6.16 Å². The molecule has 0 radical (unpaired) electrons. The number of hydrogen-bond donors (Lipinski definition) is 0. The van der Waals surface area contributed by atoms with Gasteiger partial charge in [0.1, 0.15) is 11.5 Å². The van der Waals surface area contributed by atoms with E-state index in [2.05, 4.69) is 52.0 Å². The number of carbonyl (C=O) groups is 1. The van der Waals surface area contributed by atoms with Gasteiger partial charge in [-0.15, -0.1) is 0 Å². The molecule has 0 aliphatic carbocycles. The third-order valence-corrected chi connectivity index (χ3v) is 6.03. The van der Waals surface area contributed by atoms with E-state index in [1.165, 1.54) is 11.1 Å². The number of benzene rings is 4. The molecular weight excluding hydrogens is 444 g/mol. The van der Waals surface area contributed by atoms with Crippen molar-refractivity contribution in [3.63, 3.8) is 0 Å². The minimum Gasteiger partial charge on any atom is -0.394 e. The van der Waals surface area contributed by atoms with Crippen LogP contribution >= 0.6 is 0 Å². The van der Waals surface area contributed by atoms with Crippen LogP contribution < -0.4 is 9.47 Å². The molecule has 0 saturated heterocycles. The van der Waals surface area contributed by atoms with Crippen LogP contribution in [0.3, 0.4) is 0 Å². The lowest BCUT2D eigenvalue weighted by Crippen LogP contribution is -2.15. The molecule has 184 valence electrons. The van der Waals surface area contributed by atoms with Crippen molar-refractivity contribution in [1.82, 2.24) is 0 Å². The molecule has 0 saturated carbocycles. The Kier molecular flexibility index (Phi) is 8.22. The molecule has 3 nitrogen and oxygen atoms in total. The van der Waals surface area contributed by atoms with Crippen LogP contribution in [-0.2, 0) is 12.8 Å². The summed E-state index contributed by atoms with van der Waals surface area (Å²) >= 11 is 0. The van der Waals surface area contributed by atoms with Gasteiger partial charge in [-0.3, -0.25) is 0 Å². The molecule has 36 heavy (non-hydrogen) atoms. The summed E-state index contributed by atoms with van der Waals surface area (Å²) in [6.45, 7) is 8.81. The first-order chi connectivity index (χ1) is 17.4. The van der Waals surface area contributed by atoms with Crippen LogP contribution in [0, 0.1) is 11.8 Å². The van der Waals surface area contributed by atoms with Gasteiger partial charge in [0, 0.05) is 11.1 Å². The predicted molar refractivity (Wildman–Crippen MR) is 147 cm³/mol. The summed E-state index contributed by atoms with van der Waals surface area (Å²) < 4.78 is 11.6. The standard InChI is InChI=1S/C33H34O3/c1-23(2)21-25-13-5-7-15-27(25)29-17-9-11-19-31(29)35-33(34)36-32-20-12-10-18-30(32)28-16-8-6-14-26(28)22-24(3)4/h5-20,23-24H,21-22H2,1-4H3. The van der Waals surface area contributed by atoms with Crippen LogP contribution in [0.15, 0.2) is 97.1 Å². The molecule has 0 unspecified atom stereocenters. The summed E-state index contributed by atoms with van der Waals surface area (Å²) in [5, 5.41) is 0. The lowest BCUT2D eigenvalue weighted by molar-refractivity contribution is 0.152.